The molecule has 10 heteroatoms. The number of aliphatic hydroxyl groups is 1. The largest absolute Gasteiger partial charge is 0.389 e. The van der Waals surface area contributed by atoms with Crippen molar-refractivity contribution < 1.29 is 9.84 Å². The van der Waals surface area contributed by atoms with E-state index < -0.39 is 17.4 Å². The number of ether oxygens (including phenoxy) is 1. The van der Waals surface area contributed by atoms with Crippen molar-refractivity contribution in [1.29, 1.82) is 0 Å². The molecule has 2 aromatic heterocycles. The van der Waals surface area contributed by atoms with Gasteiger partial charge in [-0.25, -0.2) is 10.6 Å². The second kappa shape index (κ2) is 6.30. The Morgan fingerprint density at radius 1 is 1.45 bits per heavy atom. The van der Waals surface area contributed by atoms with Gasteiger partial charge in [-0.05, 0) is 13.8 Å². The van der Waals surface area contributed by atoms with Crippen molar-refractivity contribution in [2.75, 3.05) is 12.0 Å². The summed E-state index contributed by atoms with van der Waals surface area (Å²) < 4.78 is 7.95. The number of aryl methyl sites for hydroxylation is 1. The number of hydrogen-bond acceptors (Lipinski definition) is 7. The number of rotatable bonds is 6. The summed E-state index contributed by atoms with van der Waals surface area (Å²) in [7, 11) is 1.48. The molecule has 0 saturated heterocycles. The standard InChI is InChI=1S/C12H20N6O4/c1-6(2)22-5-7(19)4-18-8-9(14-11(18)16-13)17(3)12(21)15-10(8)20/h6-7,19H,4-5,13H2,1-3H3,(H,14,16)(H,15,20,21)/t7-/m1/s1. The molecular weight excluding hydrogens is 292 g/mol. The quantitative estimate of drug-likeness (QED) is 0.375. The molecule has 1 atom stereocenters. The summed E-state index contributed by atoms with van der Waals surface area (Å²) >= 11 is 0. The van der Waals surface area contributed by atoms with Gasteiger partial charge < -0.3 is 14.4 Å². The third-order valence-corrected chi connectivity index (χ3v) is 3.15. The van der Waals surface area contributed by atoms with Gasteiger partial charge in [-0.1, -0.05) is 0 Å². The van der Waals surface area contributed by atoms with Gasteiger partial charge in [0.15, 0.2) is 11.2 Å². The molecule has 0 spiro atoms. The molecule has 0 saturated carbocycles. The van der Waals surface area contributed by atoms with Crippen LogP contribution in [0.15, 0.2) is 9.59 Å². The van der Waals surface area contributed by atoms with Crippen LogP contribution in [0.3, 0.4) is 0 Å². The van der Waals surface area contributed by atoms with E-state index >= 15 is 0 Å². The first-order valence-corrected chi connectivity index (χ1v) is 6.81. The first-order valence-electron chi connectivity index (χ1n) is 6.81. The van der Waals surface area contributed by atoms with Gasteiger partial charge in [-0.2, -0.15) is 4.98 Å². The summed E-state index contributed by atoms with van der Waals surface area (Å²) in [5, 5.41) is 10.0. The van der Waals surface area contributed by atoms with Crippen LogP contribution in [0.5, 0.6) is 0 Å². The predicted octanol–water partition coefficient (Wildman–Crippen LogP) is -1.51. The second-order valence-electron chi connectivity index (χ2n) is 5.22. The summed E-state index contributed by atoms with van der Waals surface area (Å²) in [6.45, 7) is 3.86. The molecule has 0 aliphatic rings. The Morgan fingerprint density at radius 3 is 2.73 bits per heavy atom. The third-order valence-electron chi connectivity index (χ3n) is 3.15. The van der Waals surface area contributed by atoms with Crippen molar-refractivity contribution in [3.05, 3.63) is 20.8 Å². The van der Waals surface area contributed by atoms with Crippen LogP contribution in [0.4, 0.5) is 5.95 Å². The van der Waals surface area contributed by atoms with E-state index in [1.165, 1.54) is 16.2 Å². The van der Waals surface area contributed by atoms with E-state index in [4.69, 9.17) is 10.6 Å². The van der Waals surface area contributed by atoms with E-state index in [1.54, 1.807) is 0 Å². The lowest BCUT2D eigenvalue weighted by molar-refractivity contribution is -0.000106. The minimum atomic E-state index is -0.858. The number of aliphatic hydroxyl groups excluding tert-OH is 1. The van der Waals surface area contributed by atoms with Crippen molar-refractivity contribution in [3.8, 4) is 0 Å². The van der Waals surface area contributed by atoms with E-state index in [9.17, 15) is 14.7 Å². The lowest BCUT2D eigenvalue weighted by Crippen LogP contribution is -2.31. The zero-order valence-corrected chi connectivity index (χ0v) is 12.7. The minimum absolute atomic E-state index is 0.0227. The van der Waals surface area contributed by atoms with Crippen LogP contribution in [0, 0.1) is 0 Å². The van der Waals surface area contributed by atoms with Crippen LogP contribution < -0.4 is 22.5 Å². The maximum absolute atomic E-state index is 12.0. The molecule has 0 aliphatic heterocycles. The van der Waals surface area contributed by atoms with Gasteiger partial charge >= 0.3 is 5.69 Å². The molecule has 0 bridgehead atoms. The van der Waals surface area contributed by atoms with Gasteiger partial charge in [0.25, 0.3) is 5.56 Å². The Bertz CT molecular complexity index is 774. The first-order chi connectivity index (χ1) is 10.3. The highest BCUT2D eigenvalue weighted by molar-refractivity contribution is 5.74. The number of H-pyrrole nitrogens is 1. The van der Waals surface area contributed by atoms with E-state index in [-0.39, 0.29) is 36.4 Å². The normalized spacial score (nSPS) is 13.0. The summed E-state index contributed by atoms with van der Waals surface area (Å²) in [6.07, 6.45) is -0.881. The van der Waals surface area contributed by atoms with Crippen LogP contribution >= 0.6 is 0 Å². The molecule has 22 heavy (non-hydrogen) atoms. The topological polar surface area (TPSA) is 140 Å². The number of aromatic nitrogens is 4. The van der Waals surface area contributed by atoms with E-state index in [0.29, 0.717) is 0 Å². The van der Waals surface area contributed by atoms with Gasteiger partial charge in [0, 0.05) is 7.05 Å². The lowest BCUT2D eigenvalue weighted by atomic mass is 10.3. The van der Waals surface area contributed by atoms with Crippen LogP contribution in [-0.4, -0.2) is 43.0 Å². The van der Waals surface area contributed by atoms with Crippen molar-refractivity contribution in [1.82, 2.24) is 19.1 Å². The van der Waals surface area contributed by atoms with Gasteiger partial charge in [0.05, 0.1) is 25.4 Å². The number of nitrogen functional groups attached to an aromatic ring is 1. The van der Waals surface area contributed by atoms with Crippen molar-refractivity contribution in [2.24, 2.45) is 12.9 Å². The summed E-state index contributed by atoms with van der Waals surface area (Å²) in [5.41, 5.74) is 1.52. The highest BCUT2D eigenvalue weighted by Crippen LogP contribution is 2.15. The van der Waals surface area contributed by atoms with Crippen molar-refractivity contribution in [3.63, 3.8) is 0 Å². The first kappa shape index (κ1) is 16.2. The summed E-state index contributed by atoms with van der Waals surface area (Å²) in [6, 6.07) is 0. The van der Waals surface area contributed by atoms with Crippen LogP contribution in [-0.2, 0) is 18.3 Å². The van der Waals surface area contributed by atoms with E-state index in [0.717, 1.165) is 0 Å². The zero-order valence-electron chi connectivity index (χ0n) is 12.7. The third kappa shape index (κ3) is 3.03. The molecule has 2 heterocycles. The summed E-state index contributed by atoms with van der Waals surface area (Å²) in [4.78, 5) is 29.9. The van der Waals surface area contributed by atoms with Crippen molar-refractivity contribution >= 4 is 17.1 Å². The Hall–Kier alpha value is -2.17. The molecule has 0 unspecified atom stereocenters. The lowest BCUT2D eigenvalue weighted by Gasteiger charge is -2.15. The molecule has 0 aliphatic carbocycles. The Kier molecular flexibility index (Phi) is 4.64. The number of nitrogens with two attached hydrogens (primary N) is 1. The van der Waals surface area contributed by atoms with Crippen LogP contribution in [0.1, 0.15) is 13.8 Å². The van der Waals surface area contributed by atoms with E-state index in [1.807, 2.05) is 13.8 Å². The number of anilines is 1. The summed E-state index contributed by atoms with van der Waals surface area (Å²) in [5.74, 6) is 5.58. The number of imidazole rings is 1. The maximum Gasteiger partial charge on any atom is 0.329 e. The molecule has 10 nitrogen and oxygen atoms in total. The number of hydrazine groups is 1. The number of fused-ring (bicyclic) bond motifs is 1. The molecule has 0 fully saturated rings. The second-order valence-corrected chi connectivity index (χ2v) is 5.22. The highest BCUT2D eigenvalue weighted by atomic mass is 16.5. The number of nitrogens with zero attached hydrogens (tertiary/aromatic N) is 3. The Labute approximate surface area is 125 Å². The molecule has 0 radical (unpaired) electrons. The predicted molar refractivity (Wildman–Crippen MR) is 80.5 cm³/mol. The molecule has 2 rings (SSSR count). The number of hydrogen-bond donors (Lipinski definition) is 4. The molecule has 5 N–H and O–H groups in total. The fourth-order valence-corrected chi connectivity index (χ4v) is 2.09. The molecule has 2 aromatic rings. The smallest absolute Gasteiger partial charge is 0.329 e. The van der Waals surface area contributed by atoms with E-state index in [2.05, 4.69) is 15.4 Å². The Balaban J connectivity index is 2.46. The van der Waals surface area contributed by atoms with Gasteiger partial charge in [-0.15, -0.1) is 0 Å². The fraction of sp³-hybridized carbons (Fsp3) is 0.583. The van der Waals surface area contributed by atoms with Crippen LogP contribution in [0.25, 0.3) is 11.2 Å². The van der Waals surface area contributed by atoms with Crippen LogP contribution in [0.2, 0.25) is 0 Å². The van der Waals surface area contributed by atoms with Gasteiger partial charge in [-0.3, -0.25) is 19.8 Å². The highest BCUT2D eigenvalue weighted by Gasteiger charge is 2.19. The monoisotopic (exact) mass is 312 g/mol. The molecular formula is C12H20N6O4. The maximum atomic E-state index is 12.0. The fourth-order valence-electron chi connectivity index (χ4n) is 2.09. The zero-order chi connectivity index (χ0) is 16.4. The molecule has 122 valence electrons. The minimum Gasteiger partial charge on any atom is -0.389 e. The average Bonchev–Trinajstić information content (AvgIpc) is 2.82. The Morgan fingerprint density at radius 2 is 2.14 bits per heavy atom. The number of aromatic amines is 1. The average molecular weight is 312 g/mol. The molecule has 0 amide bonds. The SMILES string of the molecule is CC(C)OC[C@H](O)Cn1c(NN)nc2c1c(=O)[nH]c(=O)n2C. The molecule has 0 aromatic carbocycles. The van der Waals surface area contributed by atoms with Gasteiger partial charge in [0.1, 0.15) is 0 Å². The van der Waals surface area contributed by atoms with Gasteiger partial charge in [0.2, 0.25) is 5.95 Å². The number of nitrogens with one attached hydrogen (secondary N) is 2. The van der Waals surface area contributed by atoms with Crippen molar-refractivity contribution in [2.45, 2.75) is 32.6 Å².